The standard InChI is InChI=1S/C22H22FNO2/c1-2-26-21(25)19-12-14-22(23,13-11-18-10-6-7-15-24-18)16-20(19)17-8-4-3-5-9-17/h3-10,15,19-20H,2,12,14,16H2,1H3/t19-,20+,22?/m1/s1. The normalized spacial score (nSPS) is 25.0. The van der Waals surface area contributed by atoms with Crippen LogP contribution in [0, 0.1) is 17.8 Å². The Kier molecular flexibility index (Phi) is 5.68. The summed E-state index contributed by atoms with van der Waals surface area (Å²) in [5.74, 6) is 4.79. The zero-order valence-electron chi connectivity index (χ0n) is 14.8. The maximum Gasteiger partial charge on any atom is 0.309 e. The molecule has 0 bridgehead atoms. The Morgan fingerprint density at radius 3 is 2.73 bits per heavy atom. The molecule has 1 aromatic heterocycles. The van der Waals surface area contributed by atoms with Crippen LogP contribution in [-0.2, 0) is 9.53 Å². The molecule has 0 N–H and O–H groups in total. The molecule has 1 aliphatic carbocycles. The number of esters is 1. The van der Waals surface area contributed by atoms with Gasteiger partial charge >= 0.3 is 5.97 Å². The summed E-state index contributed by atoms with van der Waals surface area (Å²) in [6, 6.07) is 15.0. The van der Waals surface area contributed by atoms with E-state index in [0.717, 1.165) is 5.56 Å². The van der Waals surface area contributed by atoms with Crippen molar-refractivity contribution in [1.82, 2.24) is 4.98 Å². The fraction of sp³-hybridized carbons (Fsp3) is 0.364. The zero-order valence-corrected chi connectivity index (χ0v) is 14.8. The van der Waals surface area contributed by atoms with E-state index in [1.54, 1.807) is 25.3 Å². The van der Waals surface area contributed by atoms with Crippen LogP contribution in [0.15, 0.2) is 54.7 Å². The smallest absolute Gasteiger partial charge is 0.309 e. The molecule has 0 saturated heterocycles. The van der Waals surface area contributed by atoms with E-state index in [-0.39, 0.29) is 30.6 Å². The summed E-state index contributed by atoms with van der Waals surface area (Å²) in [6.07, 6.45) is 2.46. The van der Waals surface area contributed by atoms with Gasteiger partial charge in [-0.2, -0.15) is 0 Å². The summed E-state index contributed by atoms with van der Waals surface area (Å²) in [4.78, 5) is 16.5. The van der Waals surface area contributed by atoms with Gasteiger partial charge in [0.05, 0.1) is 12.5 Å². The average Bonchev–Trinajstić information content (AvgIpc) is 2.68. The van der Waals surface area contributed by atoms with Crippen LogP contribution in [0.2, 0.25) is 0 Å². The Morgan fingerprint density at radius 2 is 2.04 bits per heavy atom. The van der Waals surface area contributed by atoms with E-state index >= 15 is 4.39 Å². The van der Waals surface area contributed by atoms with Crippen molar-refractivity contribution in [3.8, 4) is 11.8 Å². The van der Waals surface area contributed by atoms with Gasteiger partial charge in [-0.15, -0.1) is 0 Å². The van der Waals surface area contributed by atoms with Crippen LogP contribution < -0.4 is 0 Å². The maximum atomic E-state index is 15.5. The lowest BCUT2D eigenvalue weighted by Crippen LogP contribution is -2.37. The highest BCUT2D eigenvalue weighted by molar-refractivity contribution is 5.74. The molecule has 1 heterocycles. The van der Waals surface area contributed by atoms with Crippen LogP contribution in [-0.4, -0.2) is 23.2 Å². The Labute approximate surface area is 153 Å². The van der Waals surface area contributed by atoms with E-state index in [1.807, 2.05) is 36.4 Å². The number of aromatic nitrogens is 1. The third-order valence-corrected chi connectivity index (χ3v) is 4.78. The van der Waals surface area contributed by atoms with Crippen molar-refractivity contribution in [2.24, 2.45) is 5.92 Å². The van der Waals surface area contributed by atoms with Crippen molar-refractivity contribution >= 4 is 5.97 Å². The third kappa shape index (κ3) is 4.29. The second kappa shape index (κ2) is 8.14. The van der Waals surface area contributed by atoms with Gasteiger partial charge in [-0.1, -0.05) is 42.3 Å². The largest absolute Gasteiger partial charge is 0.466 e. The molecule has 3 rings (SSSR count). The Hall–Kier alpha value is -2.67. The number of alkyl halides is 1. The van der Waals surface area contributed by atoms with Crippen molar-refractivity contribution < 1.29 is 13.9 Å². The van der Waals surface area contributed by atoms with Crippen LogP contribution in [0.3, 0.4) is 0 Å². The zero-order chi connectivity index (χ0) is 18.4. The quantitative estimate of drug-likeness (QED) is 0.612. The highest BCUT2D eigenvalue weighted by Crippen LogP contribution is 2.44. The summed E-state index contributed by atoms with van der Waals surface area (Å²) in [5, 5.41) is 0. The van der Waals surface area contributed by atoms with Gasteiger partial charge in [0.1, 0.15) is 5.69 Å². The van der Waals surface area contributed by atoms with Gasteiger partial charge < -0.3 is 4.74 Å². The number of halogens is 1. The average molecular weight is 351 g/mol. The number of rotatable bonds is 3. The van der Waals surface area contributed by atoms with Gasteiger partial charge in [0.2, 0.25) is 0 Å². The van der Waals surface area contributed by atoms with Gasteiger partial charge in [-0.3, -0.25) is 4.79 Å². The fourth-order valence-electron chi connectivity index (χ4n) is 3.49. The SMILES string of the molecule is CCOC(=O)[C@@H]1CCC(F)(C#Cc2ccccn2)C[C@H]1c1ccccc1. The van der Waals surface area contributed by atoms with E-state index in [2.05, 4.69) is 16.8 Å². The number of benzene rings is 1. The maximum absolute atomic E-state index is 15.5. The molecule has 134 valence electrons. The lowest BCUT2D eigenvalue weighted by atomic mass is 9.70. The van der Waals surface area contributed by atoms with E-state index in [9.17, 15) is 4.79 Å². The Morgan fingerprint density at radius 1 is 1.27 bits per heavy atom. The predicted octanol–water partition coefficient (Wildman–Crippen LogP) is 4.29. The van der Waals surface area contributed by atoms with Crippen LogP contribution in [0.1, 0.15) is 43.4 Å². The number of carbonyl (C=O) groups excluding carboxylic acids is 1. The molecular weight excluding hydrogens is 329 g/mol. The molecule has 3 nitrogen and oxygen atoms in total. The van der Waals surface area contributed by atoms with E-state index < -0.39 is 5.67 Å². The molecule has 1 fully saturated rings. The molecule has 0 amide bonds. The predicted molar refractivity (Wildman–Crippen MR) is 98.1 cm³/mol. The molecule has 0 aliphatic heterocycles. The molecule has 1 unspecified atom stereocenters. The molecule has 1 saturated carbocycles. The summed E-state index contributed by atoms with van der Waals surface area (Å²) in [6.45, 7) is 2.12. The third-order valence-electron chi connectivity index (χ3n) is 4.78. The molecule has 3 atom stereocenters. The minimum Gasteiger partial charge on any atom is -0.466 e. The molecule has 1 aromatic carbocycles. The van der Waals surface area contributed by atoms with Gasteiger partial charge in [0.15, 0.2) is 5.67 Å². The molecule has 26 heavy (non-hydrogen) atoms. The number of ether oxygens (including phenoxy) is 1. The molecule has 2 aromatic rings. The van der Waals surface area contributed by atoms with Crippen molar-refractivity contribution in [1.29, 1.82) is 0 Å². The molecule has 1 aliphatic rings. The first kappa shape index (κ1) is 18.1. The summed E-state index contributed by atoms with van der Waals surface area (Å²) in [5.41, 5.74) is -0.138. The van der Waals surface area contributed by atoms with Crippen molar-refractivity contribution in [3.63, 3.8) is 0 Å². The Bertz CT molecular complexity index is 797. The number of nitrogens with zero attached hydrogens (tertiary/aromatic N) is 1. The first-order valence-corrected chi connectivity index (χ1v) is 8.96. The van der Waals surface area contributed by atoms with Crippen LogP contribution in [0.5, 0.6) is 0 Å². The number of carbonyl (C=O) groups is 1. The van der Waals surface area contributed by atoms with Crippen LogP contribution in [0.4, 0.5) is 4.39 Å². The molecule has 0 spiro atoms. The van der Waals surface area contributed by atoms with E-state index in [4.69, 9.17) is 4.74 Å². The second-order valence-electron chi connectivity index (χ2n) is 6.55. The van der Waals surface area contributed by atoms with Crippen molar-refractivity contribution in [2.45, 2.75) is 37.8 Å². The molecule has 4 heteroatoms. The lowest BCUT2D eigenvalue weighted by Gasteiger charge is -2.36. The summed E-state index contributed by atoms with van der Waals surface area (Å²) >= 11 is 0. The van der Waals surface area contributed by atoms with E-state index in [0.29, 0.717) is 18.7 Å². The van der Waals surface area contributed by atoms with Gasteiger partial charge in [-0.05, 0) is 43.4 Å². The van der Waals surface area contributed by atoms with Crippen molar-refractivity contribution in [2.75, 3.05) is 6.61 Å². The Balaban J connectivity index is 1.86. The first-order valence-electron chi connectivity index (χ1n) is 8.96. The van der Waals surface area contributed by atoms with Crippen LogP contribution >= 0.6 is 0 Å². The van der Waals surface area contributed by atoms with Gasteiger partial charge in [-0.25, -0.2) is 9.37 Å². The highest BCUT2D eigenvalue weighted by Gasteiger charge is 2.44. The molecular formula is C22H22FNO2. The van der Waals surface area contributed by atoms with Gasteiger partial charge in [0, 0.05) is 18.5 Å². The highest BCUT2D eigenvalue weighted by atomic mass is 19.1. The monoisotopic (exact) mass is 351 g/mol. The summed E-state index contributed by atoms with van der Waals surface area (Å²) < 4.78 is 20.7. The lowest BCUT2D eigenvalue weighted by molar-refractivity contribution is -0.150. The number of hydrogen-bond acceptors (Lipinski definition) is 3. The number of pyridine rings is 1. The first-order chi connectivity index (χ1) is 12.6. The topological polar surface area (TPSA) is 39.2 Å². The van der Waals surface area contributed by atoms with Gasteiger partial charge in [0.25, 0.3) is 0 Å². The van der Waals surface area contributed by atoms with Crippen LogP contribution in [0.25, 0.3) is 0 Å². The second-order valence-corrected chi connectivity index (χ2v) is 6.55. The fourth-order valence-corrected chi connectivity index (χ4v) is 3.49. The minimum absolute atomic E-state index is 0.181. The minimum atomic E-state index is -1.64. The number of hydrogen-bond donors (Lipinski definition) is 0. The molecule has 0 radical (unpaired) electrons. The van der Waals surface area contributed by atoms with E-state index in [1.165, 1.54) is 0 Å². The summed E-state index contributed by atoms with van der Waals surface area (Å²) in [7, 11) is 0. The van der Waals surface area contributed by atoms with Crippen molar-refractivity contribution in [3.05, 3.63) is 66.0 Å².